The van der Waals surface area contributed by atoms with Crippen molar-refractivity contribution in [2.45, 2.75) is 36.3 Å². The molecule has 0 aromatic heterocycles. The summed E-state index contributed by atoms with van der Waals surface area (Å²) < 4.78 is 0. The first-order valence-corrected chi connectivity index (χ1v) is 12.0. The number of unbranched alkanes of at least 4 members (excludes halogenated alkanes) is 1. The largest absolute Gasteiger partial charge is 0.326 e. The molecule has 0 bridgehead atoms. The number of benzene rings is 3. The summed E-state index contributed by atoms with van der Waals surface area (Å²) in [4.78, 5) is 26.2. The van der Waals surface area contributed by atoms with Crippen molar-refractivity contribution in [3.63, 3.8) is 0 Å². The fourth-order valence-electron chi connectivity index (χ4n) is 3.04. The van der Waals surface area contributed by atoms with E-state index in [2.05, 4.69) is 17.6 Å². The highest BCUT2D eigenvalue weighted by Gasteiger charge is 2.23. The molecule has 3 rings (SSSR count). The SMILES string of the molecule is CCCCC(=O)Nc1cccc(SC(C(=O)Nc2cc(Cl)ccc2Cl)c2ccccc2)c1. The Kier molecular flexibility index (Phi) is 9.03. The molecule has 0 aliphatic rings. The van der Waals surface area contributed by atoms with Crippen LogP contribution in [0.5, 0.6) is 0 Å². The van der Waals surface area contributed by atoms with Gasteiger partial charge in [-0.3, -0.25) is 9.59 Å². The van der Waals surface area contributed by atoms with E-state index in [-0.39, 0.29) is 11.8 Å². The van der Waals surface area contributed by atoms with Crippen LogP contribution in [0.25, 0.3) is 0 Å². The molecule has 1 atom stereocenters. The average molecular weight is 487 g/mol. The number of rotatable bonds is 9. The molecule has 0 aliphatic carbocycles. The molecule has 3 aromatic rings. The van der Waals surface area contributed by atoms with E-state index in [1.165, 1.54) is 11.8 Å². The topological polar surface area (TPSA) is 58.2 Å². The highest BCUT2D eigenvalue weighted by atomic mass is 35.5. The molecule has 0 saturated heterocycles. The van der Waals surface area contributed by atoms with E-state index in [1.807, 2.05) is 54.6 Å². The lowest BCUT2D eigenvalue weighted by molar-refractivity contribution is -0.116. The standard InChI is InChI=1S/C25H24Cl2N2O2S/c1-2-3-12-23(30)28-19-10-7-11-20(16-19)32-24(17-8-5-4-6-9-17)25(31)29-22-15-18(26)13-14-21(22)27/h4-11,13-16,24H,2-3,12H2,1H3,(H,28,30)(H,29,31). The Bertz CT molecular complexity index is 1080. The Hall–Kier alpha value is -2.47. The quantitative estimate of drug-likeness (QED) is 0.306. The van der Waals surface area contributed by atoms with Crippen LogP contribution in [0.1, 0.15) is 37.0 Å². The van der Waals surface area contributed by atoms with E-state index < -0.39 is 5.25 Å². The van der Waals surface area contributed by atoms with Crippen LogP contribution >= 0.6 is 35.0 Å². The smallest absolute Gasteiger partial charge is 0.242 e. The Morgan fingerprint density at radius 3 is 2.47 bits per heavy atom. The molecular formula is C25H24Cl2N2O2S. The fourth-order valence-corrected chi connectivity index (χ4v) is 4.46. The van der Waals surface area contributed by atoms with Crippen LogP contribution in [0.15, 0.2) is 77.7 Å². The molecule has 4 nitrogen and oxygen atoms in total. The van der Waals surface area contributed by atoms with Gasteiger partial charge in [-0.15, -0.1) is 11.8 Å². The fraction of sp³-hybridized carbons (Fsp3) is 0.200. The summed E-state index contributed by atoms with van der Waals surface area (Å²) >= 11 is 13.7. The summed E-state index contributed by atoms with van der Waals surface area (Å²) in [5, 5.41) is 6.19. The Labute approximate surface area is 202 Å². The van der Waals surface area contributed by atoms with Gasteiger partial charge < -0.3 is 10.6 Å². The highest BCUT2D eigenvalue weighted by molar-refractivity contribution is 8.00. The molecule has 0 aliphatic heterocycles. The maximum absolute atomic E-state index is 13.3. The van der Waals surface area contributed by atoms with Gasteiger partial charge in [0.1, 0.15) is 5.25 Å². The average Bonchev–Trinajstić information content (AvgIpc) is 2.79. The van der Waals surface area contributed by atoms with Crippen LogP contribution in [0.3, 0.4) is 0 Å². The summed E-state index contributed by atoms with van der Waals surface area (Å²) in [6, 6.07) is 22.0. The van der Waals surface area contributed by atoms with Crippen molar-refractivity contribution < 1.29 is 9.59 Å². The minimum absolute atomic E-state index is 0.0121. The molecule has 166 valence electrons. The third-order valence-corrected chi connectivity index (χ3v) is 6.47. The molecule has 3 aromatic carbocycles. The number of carbonyl (C=O) groups is 2. The van der Waals surface area contributed by atoms with Crippen LogP contribution in [-0.2, 0) is 9.59 Å². The van der Waals surface area contributed by atoms with Gasteiger partial charge in [0.2, 0.25) is 11.8 Å². The minimum Gasteiger partial charge on any atom is -0.326 e. The molecule has 0 spiro atoms. The number of thioether (sulfide) groups is 1. The van der Waals surface area contributed by atoms with Crippen molar-refractivity contribution in [3.8, 4) is 0 Å². The van der Waals surface area contributed by atoms with Crippen molar-refractivity contribution in [1.82, 2.24) is 0 Å². The molecule has 2 N–H and O–H groups in total. The number of hydrogen-bond acceptors (Lipinski definition) is 3. The zero-order valence-electron chi connectivity index (χ0n) is 17.6. The summed E-state index contributed by atoms with van der Waals surface area (Å²) in [5.41, 5.74) is 2.02. The first-order valence-electron chi connectivity index (χ1n) is 10.3. The number of carbonyl (C=O) groups excluding carboxylic acids is 2. The predicted octanol–water partition coefficient (Wildman–Crippen LogP) is 7.59. The summed E-state index contributed by atoms with van der Waals surface area (Å²) in [6.45, 7) is 2.05. The zero-order chi connectivity index (χ0) is 22.9. The normalized spacial score (nSPS) is 11.6. The van der Waals surface area contributed by atoms with E-state index in [9.17, 15) is 9.59 Å². The number of nitrogens with one attached hydrogen (secondary N) is 2. The van der Waals surface area contributed by atoms with Crippen LogP contribution in [-0.4, -0.2) is 11.8 Å². The van der Waals surface area contributed by atoms with Gasteiger partial charge in [-0.2, -0.15) is 0 Å². The van der Waals surface area contributed by atoms with Crippen LogP contribution in [0.2, 0.25) is 10.0 Å². The molecule has 2 amide bonds. The van der Waals surface area contributed by atoms with Crippen molar-refractivity contribution in [3.05, 3.63) is 88.4 Å². The van der Waals surface area contributed by atoms with Gasteiger partial charge in [0.05, 0.1) is 10.7 Å². The van der Waals surface area contributed by atoms with Gasteiger partial charge in [-0.1, -0.05) is 72.9 Å². The van der Waals surface area contributed by atoms with Crippen molar-refractivity contribution in [2.24, 2.45) is 0 Å². The van der Waals surface area contributed by atoms with E-state index in [4.69, 9.17) is 23.2 Å². The Morgan fingerprint density at radius 2 is 1.72 bits per heavy atom. The predicted molar refractivity (Wildman–Crippen MR) is 135 cm³/mol. The monoisotopic (exact) mass is 486 g/mol. The van der Waals surface area contributed by atoms with Crippen LogP contribution < -0.4 is 10.6 Å². The molecule has 32 heavy (non-hydrogen) atoms. The highest BCUT2D eigenvalue weighted by Crippen LogP contribution is 2.38. The molecule has 0 saturated carbocycles. The molecule has 7 heteroatoms. The summed E-state index contributed by atoms with van der Waals surface area (Å²) in [7, 11) is 0. The lowest BCUT2D eigenvalue weighted by Crippen LogP contribution is -2.19. The molecule has 0 fully saturated rings. The van der Waals surface area contributed by atoms with Gasteiger partial charge in [0.15, 0.2) is 0 Å². The number of hydrogen-bond donors (Lipinski definition) is 2. The van der Waals surface area contributed by atoms with E-state index in [0.29, 0.717) is 27.8 Å². The van der Waals surface area contributed by atoms with Gasteiger partial charge in [0.25, 0.3) is 0 Å². The zero-order valence-corrected chi connectivity index (χ0v) is 19.9. The van der Waals surface area contributed by atoms with Gasteiger partial charge in [0, 0.05) is 22.0 Å². The number of amides is 2. The second-order valence-electron chi connectivity index (χ2n) is 7.20. The first-order chi connectivity index (χ1) is 15.5. The third kappa shape index (κ3) is 7.02. The van der Waals surface area contributed by atoms with E-state index in [0.717, 1.165) is 23.3 Å². The van der Waals surface area contributed by atoms with Gasteiger partial charge >= 0.3 is 0 Å². The Balaban J connectivity index is 1.81. The molecular weight excluding hydrogens is 463 g/mol. The van der Waals surface area contributed by atoms with E-state index in [1.54, 1.807) is 18.2 Å². The first kappa shape index (κ1) is 24.2. The van der Waals surface area contributed by atoms with Gasteiger partial charge in [-0.25, -0.2) is 0 Å². The van der Waals surface area contributed by atoms with Gasteiger partial charge in [-0.05, 0) is 48.4 Å². The summed E-state index contributed by atoms with van der Waals surface area (Å²) in [5.74, 6) is -0.232. The maximum Gasteiger partial charge on any atom is 0.242 e. The molecule has 0 heterocycles. The van der Waals surface area contributed by atoms with E-state index >= 15 is 0 Å². The van der Waals surface area contributed by atoms with Crippen LogP contribution in [0, 0.1) is 0 Å². The Morgan fingerprint density at radius 1 is 0.938 bits per heavy atom. The second-order valence-corrected chi connectivity index (χ2v) is 9.22. The lowest BCUT2D eigenvalue weighted by Gasteiger charge is -2.18. The van der Waals surface area contributed by atoms with Crippen molar-refractivity contribution in [2.75, 3.05) is 10.6 Å². The molecule has 0 radical (unpaired) electrons. The number of halogens is 2. The molecule has 1 unspecified atom stereocenters. The minimum atomic E-state index is -0.530. The number of anilines is 2. The second kappa shape index (κ2) is 12.0. The maximum atomic E-state index is 13.3. The van der Waals surface area contributed by atoms with Crippen LogP contribution in [0.4, 0.5) is 11.4 Å². The van der Waals surface area contributed by atoms with Crippen molar-refractivity contribution in [1.29, 1.82) is 0 Å². The lowest BCUT2D eigenvalue weighted by atomic mass is 10.1. The van der Waals surface area contributed by atoms with Crippen molar-refractivity contribution >= 4 is 58.2 Å². The third-order valence-electron chi connectivity index (χ3n) is 4.66. The summed E-state index contributed by atoms with van der Waals surface area (Å²) in [6.07, 6.45) is 2.31.